The highest BCUT2D eigenvalue weighted by Crippen LogP contribution is 2.29. The van der Waals surface area contributed by atoms with Crippen LogP contribution in [0.4, 0.5) is 5.69 Å². The largest absolute Gasteiger partial charge is 0.459 e. The average molecular weight is 480 g/mol. The Hall–Kier alpha value is -3.95. The Labute approximate surface area is 203 Å². The van der Waals surface area contributed by atoms with Crippen molar-refractivity contribution < 1.29 is 23.3 Å². The van der Waals surface area contributed by atoms with Gasteiger partial charge in [-0.3, -0.25) is 14.4 Å². The predicted octanol–water partition coefficient (Wildman–Crippen LogP) is 3.45. The standard InChI is InChI=1S/C25H29N5O5/c1-15(2)21(27-23(32)20-5-4-14-34-20)25(33)30-12-10-18(11-13-30)24-28-22(29-35-24)17-6-8-19(9-7-17)26-16(3)31/h4-9,14-15,18,21H,10-13H2,1-3H3,(H,26,31)(H,27,32). The third-order valence-electron chi connectivity index (χ3n) is 6.03. The highest BCUT2D eigenvalue weighted by atomic mass is 16.5. The van der Waals surface area contributed by atoms with Gasteiger partial charge in [-0.2, -0.15) is 4.98 Å². The van der Waals surface area contributed by atoms with E-state index in [4.69, 9.17) is 8.94 Å². The van der Waals surface area contributed by atoms with Crippen molar-refractivity contribution in [2.45, 2.75) is 45.6 Å². The number of aromatic nitrogens is 2. The summed E-state index contributed by atoms with van der Waals surface area (Å²) in [7, 11) is 0. The molecule has 1 aliphatic heterocycles. The molecule has 3 aromatic rings. The number of amides is 3. The van der Waals surface area contributed by atoms with Gasteiger partial charge < -0.3 is 24.5 Å². The van der Waals surface area contributed by atoms with Gasteiger partial charge in [-0.15, -0.1) is 0 Å². The molecule has 35 heavy (non-hydrogen) atoms. The number of furan rings is 1. The molecule has 2 N–H and O–H groups in total. The van der Waals surface area contributed by atoms with E-state index in [0.717, 1.165) is 5.56 Å². The van der Waals surface area contributed by atoms with Gasteiger partial charge in [0.2, 0.25) is 23.5 Å². The molecule has 2 aromatic heterocycles. The van der Waals surface area contributed by atoms with Crippen molar-refractivity contribution in [3.05, 3.63) is 54.3 Å². The number of hydrogen-bond donors (Lipinski definition) is 2. The summed E-state index contributed by atoms with van der Waals surface area (Å²) in [4.78, 5) is 43.1. The van der Waals surface area contributed by atoms with E-state index >= 15 is 0 Å². The summed E-state index contributed by atoms with van der Waals surface area (Å²) in [6.07, 6.45) is 2.80. The SMILES string of the molecule is CC(=O)Nc1ccc(-c2noc(C3CCN(C(=O)C(NC(=O)c4ccco4)C(C)C)CC3)n2)cc1. The van der Waals surface area contributed by atoms with E-state index in [-0.39, 0.29) is 29.4 Å². The van der Waals surface area contributed by atoms with Crippen LogP contribution < -0.4 is 10.6 Å². The number of piperidine rings is 1. The van der Waals surface area contributed by atoms with Gasteiger partial charge in [0.05, 0.1) is 6.26 Å². The Morgan fingerprint density at radius 1 is 1.09 bits per heavy atom. The highest BCUT2D eigenvalue weighted by molar-refractivity contribution is 5.95. The molecule has 184 valence electrons. The molecule has 1 aliphatic rings. The van der Waals surface area contributed by atoms with Crippen LogP contribution in [0.5, 0.6) is 0 Å². The van der Waals surface area contributed by atoms with Crippen LogP contribution in [0.1, 0.15) is 56.0 Å². The van der Waals surface area contributed by atoms with Crippen molar-refractivity contribution in [3.63, 3.8) is 0 Å². The van der Waals surface area contributed by atoms with Crippen LogP contribution in [0.25, 0.3) is 11.4 Å². The van der Waals surface area contributed by atoms with Crippen molar-refractivity contribution in [1.82, 2.24) is 20.4 Å². The van der Waals surface area contributed by atoms with Crippen LogP contribution in [0.15, 0.2) is 51.6 Å². The van der Waals surface area contributed by atoms with E-state index in [1.165, 1.54) is 13.2 Å². The first-order valence-corrected chi connectivity index (χ1v) is 11.7. The van der Waals surface area contributed by atoms with Crippen LogP contribution in [0, 0.1) is 5.92 Å². The summed E-state index contributed by atoms with van der Waals surface area (Å²) in [6.45, 7) is 6.33. The Morgan fingerprint density at radius 3 is 2.40 bits per heavy atom. The number of carbonyl (C=O) groups is 3. The molecule has 0 aliphatic carbocycles. The second-order valence-corrected chi connectivity index (χ2v) is 8.99. The lowest BCUT2D eigenvalue weighted by Crippen LogP contribution is -2.52. The normalized spacial score (nSPS) is 15.1. The minimum Gasteiger partial charge on any atom is -0.459 e. The predicted molar refractivity (Wildman–Crippen MR) is 127 cm³/mol. The minimum atomic E-state index is -0.639. The van der Waals surface area contributed by atoms with Gasteiger partial charge in [0.25, 0.3) is 5.91 Å². The first-order valence-electron chi connectivity index (χ1n) is 11.7. The lowest BCUT2D eigenvalue weighted by molar-refractivity contribution is -0.135. The Kier molecular flexibility index (Phi) is 7.28. The zero-order valence-corrected chi connectivity index (χ0v) is 20.0. The fraction of sp³-hybridized carbons (Fsp3) is 0.400. The molecular formula is C25H29N5O5. The monoisotopic (exact) mass is 479 g/mol. The molecule has 4 rings (SSSR count). The molecule has 10 nitrogen and oxygen atoms in total. The number of hydrogen-bond acceptors (Lipinski definition) is 7. The van der Waals surface area contributed by atoms with Crippen LogP contribution >= 0.6 is 0 Å². The first kappa shape index (κ1) is 24.2. The maximum atomic E-state index is 13.2. The topological polar surface area (TPSA) is 131 Å². The third kappa shape index (κ3) is 5.76. The number of rotatable bonds is 7. The number of benzene rings is 1. The Morgan fingerprint density at radius 2 is 1.80 bits per heavy atom. The fourth-order valence-corrected chi connectivity index (χ4v) is 4.10. The molecular weight excluding hydrogens is 450 g/mol. The second kappa shape index (κ2) is 10.5. The molecule has 3 heterocycles. The second-order valence-electron chi connectivity index (χ2n) is 8.99. The van der Waals surface area contributed by atoms with Crippen LogP contribution in [0.3, 0.4) is 0 Å². The van der Waals surface area contributed by atoms with Crippen LogP contribution in [-0.2, 0) is 9.59 Å². The number of anilines is 1. The van der Waals surface area contributed by atoms with E-state index < -0.39 is 11.9 Å². The number of nitrogens with zero attached hydrogens (tertiary/aromatic N) is 3. The van der Waals surface area contributed by atoms with Gasteiger partial charge >= 0.3 is 0 Å². The van der Waals surface area contributed by atoms with Gasteiger partial charge in [-0.1, -0.05) is 19.0 Å². The Balaban J connectivity index is 1.35. The molecule has 1 atom stereocenters. The lowest BCUT2D eigenvalue weighted by Gasteiger charge is -2.34. The highest BCUT2D eigenvalue weighted by Gasteiger charge is 2.33. The maximum Gasteiger partial charge on any atom is 0.287 e. The molecule has 10 heteroatoms. The van der Waals surface area contributed by atoms with E-state index in [9.17, 15) is 14.4 Å². The maximum absolute atomic E-state index is 13.2. The van der Waals surface area contributed by atoms with Gasteiger partial charge in [0.1, 0.15) is 6.04 Å². The van der Waals surface area contributed by atoms with E-state index in [1.807, 2.05) is 26.0 Å². The van der Waals surface area contributed by atoms with E-state index in [1.54, 1.807) is 29.2 Å². The smallest absolute Gasteiger partial charge is 0.287 e. The first-order chi connectivity index (χ1) is 16.8. The fourth-order valence-electron chi connectivity index (χ4n) is 4.10. The summed E-state index contributed by atoms with van der Waals surface area (Å²) >= 11 is 0. The van der Waals surface area contributed by atoms with Crippen molar-refractivity contribution in [1.29, 1.82) is 0 Å². The van der Waals surface area contributed by atoms with Gasteiger partial charge in [-0.05, 0) is 55.2 Å². The number of nitrogens with one attached hydrogen (secondary N) is 2. The minimum absolute atomic E-state index is 0.0502. The van der Waals surface area contributed by atoms with Gasteiger partial charge in [-0.25, -0.2) is 0 Å². The molecule has 1 aromatic carbocycles. The average Bonchev–Trinajstić information content (AvgIpc) is 3.55. The zero-order valence-electron chi connectivity index (χ0n) is 20.0. The Bertz CT molecular complexity index is 1160. The summed E-state index contributed by atoms with van der Waals surface area (Å²) < 4.78 is 10.7. The molecule has 0 saturated carbocycles. The van der Waals surface area contributed by atoms with Crippen molar-refractivity contribution in [3.8, 4) is 11.4 Å². The molecule has 1 saturated heterocycles. The third-order valence-corrected chi connectivity index (χ3v) is 6.03. The van der Waals surface area contributed by atoms with Crippen molar-refractivity contribution >= 4 is 23.4 Å². The van der Waals surface area contributed by atoms with Crippen LogP contribution in [0.2, 0.25) is 0 Å². The van der Waals surface area contributed by atoms with E-state index in [0.29, 0.717) is 43.3 Å². The summed E-state index contributed by atoms with van der Waals surface area (Å²) in [5, 5.41) is 9.63. The van der Waals surface area contributed by atoms with Crippen molar-refractivity contribution in [2.24, 2.45) is 5.92 Å². The lowest BCUT2D eigenvalue weighted by atomic mass is 9.95. The van der Waals surface area contributed by atoms with Crippen LogP contribution in [-0.4, -0.2) is 51.9 Å². The van der Waals surface area contributed by atoms with E-state index in [2.05, 4.69) is 20.8 Å². The summed E-state index contributed by atoms with van der Waals surface area (Å²) in [6, 6.07) is 9.78. The zero-order chi connectivity index (χ0) is 24.9. The quantitative estimate of drug-likeness (QED) is 0.531. The molecule has 3 amide bonds. The summed E-state index contributed by atoms with van der Waals surface area (Å²) in [5.41, 5.74) is 1.48. The number of likely N-dealkylation sites (tertiary alicyclic amines) is 1. The molecule has 1 unspecified atom stereocenters. The molecule has 0 bridgehead atoms. The molecule has 1 fully saturated rings. The van der Waals surface area contributed by atoms with Crippen molar-refractivity contribution in [2.75, 3.05) is 18.4 Å². The molecule has 0 radical (unpaired) electrons. The molecule has 0 spiro atoms. The summed E-state index contributed by atoms with van der Waals surface area (Å²) in [5.74, 6) is 0.536. The van der Waals surface area contributed by atoms with Gasteiger partial charge in [0, 0.05) is 37.2 Å². The van der Waals surface area contributed by atoms with Gasteiger partial charge in [0.15, 0.2) is 5.76 Å². The number of carbonyl (C=O) groups excluding carboxylic acids is 3.